The molecule has 4 rings (SSSR count). The predicted molar refractivity (Wildman–Crippen MR) is 146 cm³/mol. The van der Waals surface area contributed by atoms with Crippen LogP contribution in [0.3, 0.4) is 0 Å². The van der Waals surface area contributed by atoms with Crippen LogP contribution in [0, 0.1) is 0 Å². The van der Waals surface area contributed by atoms with E-state index in [-0.39, 0.29) is 12.5 Å². The zero-order valence-corrected chi connectivity index (χ0v) is 21.7. The van der Waals surface area contributed by atoms with Crippen LogP contribution in [0.25, 0.3) is 17.1 Å². The van der Waals surface area contributed by atoms with Crippen molar-refractivity contribution in [1.82, 2.24) is 14.9 Å². The van der Waals surface area contributed by atoms with E-state index in [2.05, 4.69) is 9.88 Å². The number of carbonyl (C=O) groups is 1. The summed E-state index contributed by atoms with van der Waals surface area (Å²) in [6, 6.07) is 20.7. The summed E-state index contributed by atoms with van der Waals surface area (Å²) < 4.78 is 19.2. The highest BCUT2D eigenvalue weighted by molar-refractivity contribution is 6.30. The maximum absolute atomic E-state index is 12.4. The van der Waals surface area contributed by atoms with E-state index < -0.39 is 0 Å². The molecular formula is C29H30ClN3O4. The van der Waals surface area contributed by atoms with Gasteiger partial charge in [0, 0.05) is 11.6 Å². The van der Waals surface area contributed by atoms with Crippen LogP contribution in [0.15, 0.2) is 72.8 Å². The molecule has 1 N–H and O–H groups in total. The quantitative estimate of drug-likeness (QED) is 0.236. The Bertz CT molecular complexity index is 1370. The van der Waals surface area contributed by atoms with Crippen molar-refractivity contribution >= 4 is 34.6 Å². The van der Waals surface area contributed by atoms with E-state index in [1.165, 1.54) is 0 Å². The number of ether oxygens (including phenoxy) is 3. The second-order valence-electron chi connectivity index (χ2n) is 8.30. The first-order valence-corrected chi connectivity index (χ1v) is 12.5. The van der Waals surface area contributed by atoms with E-state index in [0.29, 0.717) is 42.0 Å². The average molecular weight is 520 g/mol. The number of halogens is 1. The lowest BCUT2D eigenvalue weighted by Gasteiger charge is -2.13. The maximum Gasteiger partial charge on any atom is 0.258 e. The number of imidazole rings is 1. The van der Waals surface area contributed by atoms with E-state index >= 15 is 0 Å². The summed E-state index contributed by atoms with van der Waals surface area (Å²) in [5, 5.41) is 3.52. The second kappa shape index (κ2) is 12.8. The highest BCUT2D eigenvalue weighted by Gasteiger charge is 2.12. The van der Waals surface area contributed by atoms with Crippen LogP contribution >= 0.6 is 11.6 Å². The first-order valence-electron chi connectivity index (χ1n) is 12.1. The summed E-state index contributed by atoms with van der Waals surface area (Å²) >= 11 is 5.89. The molecule has 0 atom stereocenters. The van der Waals surface area contributed by atoms with Crippen molar-refractivity contribution in [3.63, 3.8) is 0 Å². The second-order valence-corrected chi connectivity index (χ2v) is 8.74. The van der Waals surface area contributed by atoms with Gasteiger partial charge in [0.1, 0.15) is 11.6 Å². The van der Waals surface area contributed by atoms with E-state index in [1.54, 1.807) is 31.4 Å². The maximum atomic E-state index is 12.4. The Kier molecular flexibility index (Phi) is 9.05. The van der Waals surface area contributed by atoms with Gasteiger partial charge >= 0.3 is 0 Å². The fourth-order valence-corrected chi connectivity index (χ4v) is 4.05. The first kappa shape index (κ1) is 26.1. The molecule has 0 saturated carbocycles. The van der Waals surface area contributed by atoms with Gasteiger partial charge in [0.15, 0.2) is 18.1 Å². The fraction of sp³-hybridized carbons (Fsp3) is 0.241. The summed E-state index contributed by atoms with van der Waals surface area (Å²) in [4.78, 5) is 17.1. The summed E-state index contributed by atoms with van der Waals surface area (Å²) in [5.41, 5.74) is 2.95. The lowest BCUT2D eigenvalue weighted by Crippen LogP contribution is -2.29. The van der Waals surface area contributed by atoms with Crippen LogP contribution in [-0.4, -0.2) is 35.8 Å². The number of benzene rings is 3. The molecule has 4 aromatic rings. The standard InChI is InChI=1S/C29H30ClN3O4/c1-3-7-21-10-15-26(27(18-21)35-2)36-17-6-16-33-25-9-5-4-8-24(25)32-28(33)19-31-29(34)20-37-23-13-11-22(30)12-14-23/h3-5,7-15,18H,6,16-17,19-20H2,1-2H3,(H,31,34)/b7-3+. The van der Waals surface area contributed by atoms with Crippen LogP contribution < -0.4 is 19.5 Å². The van der Waals surface area contributed by atoms with E-state index in [1.807, 2.05) is 61.5 Å². The Morgan fingerprint density at radius 3 is 2.65 bits per heavy atom. The molecule has 192 valence electrons. The van der Waals surface area contributed by atoms with Crippen molar-refractivity contribution in [2.24, 2.45) is 0 Å². The number of allylic oxidation sites excluding steroid dienone is 1. The number of nitrogens with one attached hydrogen (secondary N) is 1. The first-order chi connectivity index (χ1) is 18.1. The van der Waals surface area contributed by atoms with Crippen molar-refractivity contribution in [2.75, 3.05) is 20.3 Å². The topological polar surface area (TPSA) is 74.6 Å². The molecule has 0 spiro atoms. The third-order valence-electron chi connectivity index (χ3n) is 5.69. The summed E-state index contributed by atoms with van der Waals surface area (Å²) in [7, 11) is 1.64. The average Bonchev–Trinajstić information content (AvgIpc) is 3.27. The Morgan fingerprint density at radius 2 is 1.86 bits per heavy atom. The highest BCUT2D eigenvalue weighted by atomic mass is 35.5. The Labute approximate surface area is 221 Å². The van der Waals surface area contributed by atoms with E-state index in [9.17, 15) is 4.79 Å². The molecule has 0 aliphatic rings. The number of amides is 1. The van der Waals surface area contributed by atoms with Gasteiger partial charge in [-0.2, -0.15) is 0 Å². The Balaban J connectivity index is 1.35. The van der Waals surface area contributed by atoms with E-state index in [4.69, 9.17) is 30.8 Å². The van der Waals surface area contributed by atoms with Gasteiger partial charge in [-0.25, -0.2) is 4.98 Å². The lowest BCUT2D eigenvalue weighted by molar-refractivity contribution is -0.123. The van der Waals surface area contributed by atoms with Crippen molar-refractivity contribution in [3.05, 3.63) is 89.2 Å². The van der Waals surface area contributed by atoms with Crippen molar-refractivity contribution < 1.29 is 19.0 Å². The smallest absolute Gasteiger partial charge is 0.258 e. The van der Waals surface area contributed by atoms with Gasteiger partial charge in [0.25, 0.3) is 5.91 Å². The molecule has 1 aromatic heterocycles. The van der Waals surface area contributed by atoms with Gasteiger partial charge in [-0.3, -0.25) is 4.79 Å². The molecule has 0 unspecified atom stereocenters. The van der Waals surface area contributed by atoms with Crippen LogP contribution in [0.5, 0.6) is 17.2 Å². The summed E-state index contributed by atoms with van der Waals surface area (Å²) in [5.74, 6) is 2.53. The van der Waals surface area contributed by atoms with Crippen LogP contribution in [0.2, 0.25) is 5.02 Å². The molecule has 0 bridgehead atoms. The van der Waals surface area contributed by atoms with Gasteiger partial charge < -0.3 is 24.1 Å². The fourth-order valence-electron chi connectivity index (χ4n) is 3.92. The van der Waals surface area contributed by atoms with Crippen molar-refractivity contribution in [3.8, 4) is 17.2 Å². The van der Waals surface area contributed by atoms with Gasteiger partial charge in [-0.05, 0) is 67.4 Å². The number of methoxy groups -OCH3 is 1. The third kappa shape index (κ3) is 7.05. The number of para-hydroxylation sites is 2. The van der Waals surface area contributed by atoms with Crippen molar-refractivity contribution in [2.45, 2.75) is 26.4 Å². The normalized spacial score (nSPS) is 11.1. The predicted octanol–water partition coefficient (Wildman–Crippen LogP) is 5.90. The zero-order chi connectivity index (χ0) is 26.0. The molecule has 3 aromatic carbocycles. The zero-order valence-electron chi connectivity index (χ0n) is 20.9. The number of hydrogen-bond donors (Lipinski definition) is 1. The van der Waals surface area contributed by atoms with Gasteiger partial charge in [-0.15, -0.1) is 0 Å². The molecule has 0 radical (unpaired) electrons. The number of hydrogen-bond acceptors (Lipinski definition) is 5. The minimum Gasteiger partial charge on any atom is -0.493 e. The highest BCUT2D eigenvalue weighted by Crippen LogP contribution is 2.29. The molecule has 1 amide bonds. The number of aromatic nitrogens is 2. The minimum atomic E-state index is -0.231. The molecular weight excluding hydrogens is 490 g/mol. The molecule has 7 nitrogen and oxygen atoms in total. The van der Waals surface area contributed by atoms with E-state index in [0.717, 1.165) is 28.8 Å². The number of aryl methyl sites for hydroxylation is 1. The van der Waals surface area contributed by atoms with Crippen LogP contribution in [0.1, 0.15) is 24.7 Å². The molecule has 0 saturated heterocycles. The SMILES string of the molecule is C/C=C/c1ccc(OCCCn2c(CNC(=O)COc3ccc(Cl)cc3)nc3ccccc32)c(OC)c1. The molecule has 1 heterocycles. The molecule has 37 heavy (non-hydrogen) atoms. The third-order valence-corrected chi connectivity index (χ3v) is 5.94. The van der Waals surface area contributed by atoms with Gasteiger partial charge in [-0.1, -0.05) is 42.0 Å². The van der Waals surface area contributed by atoms with Crippen molar-refractivity contribution in [1.29, 1.82) is 0 Å². The number of carbonyl (C=O) groups excluding carboxylic acids is 1. The Morgan fingerprint density at radius 1 is 1.05 bits per heavy atom. The van der Waals surface area contributed by atoms with Crippen LogP contribution in [0.4, 0.5) is 0 Å². The van der Waals surface area contributed by atoms with Gasteiger partial charge in [0.2, 0.25) is 0 Å². The Hall–Kier alpha value is -3.97. The monoisotopic (exact) mass is 519 g/mol. The molecule has 0 aliphatic carbocycles. The minimum absolute atomic E-state index is 0.0929. The number of nitrogens with zero attached hydrogens (tertiary/aromatic N) is 2. The molecule has 0 aliphatic heterocycles. The van der Waals surface area contributed by atoms with Crippen LogP contribution in [-0.2, 0) is 17.9 Å². The number of rotatable bonds is 12. The molecule has 8 heteroatoms. The largest absolute Gasteiger partial charge is 0.493 e. The van der Waals surface area contributed by atoms with Gasteiger partial charge in [0.05, 0.1) is 31.3 Å². The lowest BCUT2D eigenvalue weighted by atomic mass is 10.2. The molecule has 0 fully saturated rings. The summed E-state index contributed by atoms with van der Waals surface area (Å²) in [6.45, 7) is 3.37. The summed E-state index contributed by atoms with van der Waals surface area (Å²) in [6.07, 6.45) is 4.75. The number of fused-ring (bicyclic) bond motifs is 1.